The number of carbonyl (C=O) groups excluding carboxylic acids is 1. The predicted molar refractivity (Wildman–Crippen MR) is 107 cm³/mol. The number of amides is 1. The van der Waals surface area contributed by atoms with Crippen LogP contribution >= 0.6 is 0 Å². The summed E-state index contributed by atoms with van der Waals surface area (Å²) < 4.78 is 2.20. The molecule has 1 atom stereocenters. The molecule has 1 amide bonds. The van der Waals surface area contributed by atoms with Gasteiger partial charge in [0, 0.05) is 56.8 Å². The van der Waals surface area contributed by atoms with Gasteiger partial charge in [0.25, 0.3) is 5.91 Å². The lowest BCUT2D eigenvalue weighted by Crippen LogP contribution is -2.40. The Morgan fingerprint density at radius 3 is 2.68 bits per heavy atom. The van der Waals surface area contributed by atoms with E-state index in [2.05, 4.69) is 43.8 Å². The summed E-state index contributed by atoms with van der Waals surface area (Å²) in [5.41, 5.74) is 1.81. The van der Waals surface area contributed by atoms with Crippen LogP contribution in [0.4, 0.5) is 0 Å². The first-order valence-corrected chi connectivity index (χ1v) is 9.89. The minimum atomic E-state index is 0.00789. The molecule has 28 heavy (non-hydrogen) atoms. The number of aryl methyl sites for hydroxylation is 1. The molecule has 6 nitrogen and oxygen atoms in total. The molecule has 1 fully saturated rings. The van der Waals surface area contributed by atoms with Crippen LogP contribution in [0.3, 0.4) is 0 Å². The van der Waals surface area contributed by atoms with Crippen LogP contribution < -0.4 is 0 Å². The molecular formula is C22H25N5O. The molecule has 1 aliphatic rings. The summed E-state index contributed by atoms with van der Waals surface area (Å²) in [7, 11) is 0. The molecule has 3 heterocycles. The highest BCUT2D eigenvalue weighted by atomic mass is 16.2. The van der Waals surface area contributed by atoms with Crippen LogP contribution in [0, 0.1) is 0 Å². The Labute approximate surface area is 165 Å². The molecule has 2 aromatic heterocycles. The second-order valence-corrected chi connectivity index (χ2v) is 7.23. The minimum Gasteiger partial charge on any atom is -0.338 e. The van der Waals surface area contributed by atoms with Crippen molar-refractivity contribution in [2.24, 2.45) is 0 Å². The topological polar surface area (TPSA) is 63.9 Å². The summed E-state index contributed by atoms with van der Waals surface area (Å²) in [6, 6.07) is 10.4. The quantitative estimate of drug-likeness (QED) is 0.686. The Balaban J connectivity index is 1.48. The first kappa shape index (κ1) is 18.3. The van der Waals surface area contributed by atoms with Crippen molar-refractivity contribution in [1.82, 2.24) is 24.4 Å². The molecule has 0 N–H and O–H groups in total. The Morgan fingerprint density at radius 2 is 1.93 bits per heavy atom. The summed E-state index contributed by atoms with van der Waals surface area (Å²) in [6.07, 6.45) is 9.96. The van der Waals surface area contributed by atoms with Gasteiger partial charge >= 0.3 is 0 Å². The van der Waals surface area contributed by atoms with Crippen molar-refractivity contribution in [1.29, 1.82) is 0 Å². The van der Waals surface area contributed by atoms with Crippen LogP contribution in [-0.4, -0.2) is 43.4 Å². The number of likely N-dealkylation sites (tertiary alicyclic amines) is 1. The molecule has 1 aliphatic heterocycles. The first-order chi connectivity index (χ1) is 13.7. The van der Waals surface area contributed by atoms with Crippen molar-refractivity contribution in [2.75, 3.05) is 13.1 Å². The molecule has 4 rings (SSSR count). The van der Waals surface area contributed by atoms with Gasteiger partial charge in [-0.05, 0) is 18.4 Å². The molecule has 0 aliphatic carbocycles. The molecule has 1 saturated heterocycles. The number of imidazole rings is 1. The third-order valence-electron chi connectivity index (χ3n) is 5.29. The van der Waals surface area contributed by atoms with E-state index in [4.69, 9.17) is 0 Å². The fourth-order valence-corrected chi connectivity index (χ4v) is 3.80. The van der Waals surface area contributed by atoms with Crippen LogP contribution in [-0.2, 0) is 13.0 Å². The predicted octanol–water partition coefficient (Wildman–Crippen LogP) is 3.30. The molecule has 144 valence electrons. The average Bonchev–Trinajstić information content (AvgIpc) is 3.22. The molecule has 1 aromatic carbocycles. The number of nitrogens with zero attached hydrogens (tertiary/aromatic N) is 5. The van der Waals surface area contributed by atoms with Crippen molar-refractivity contribution >= 4 is 5.91 Å². The van der Waals surface area contributed by atoms with E-state index < -0.39 is 0 Å². The summed E-state index contributed by atoms with van der Waals surface area (Å²) in [4.78, 5) is 28.0. The van der Waals surface area contributed by atoms with Crippen molar-refractivity contribution in [3.05, 3.63) is 77.9 Å². The van der Waals surface area contributed by atoms with Gasteiger partial charge in [-0.2, -0.15) is 0 Å². The standard InChI is InChI=1S/C22H25N5O/c1-2-20-24-13-19(14-25-20)22(28)27-11-6-9-18(16-27)21-23-10-12-26(21)15-17-7-4-3-5-8-17/h3-5,7-8,10,12-14,18H,2,6,9,11,15-16H2,1H3/t18-/m1/s1. The second kappa shape index (κ2) is 8.33. The van der Waals surface area contributed by atoms with E-state index in [1.165, 1.54) is 5.56 Å². The van der Waals surface area contributed by atoms with Gasteiger partial charge in [-0.25, -0.2) is 15.0 Å². The van der Waals surface area contributed by atoms with Gasteiger partial charge in [-0.1, -0.05) is 37.3 Å². The minimum absolute atomic E-state index is 0.00789. The summed E-state index contributed by atoms with van der Waals surface area (Å²) >= 11 is 0. The van der Waals surface area contributed by atoms with E-state index >= 15 is 0 Å². The molecule has 3 aromatic rings. The summed E-state index contributed by atoms with van der Waals surface area (Å²) in [5, 5.41) is 0. The maximum absolute atomic E-state index is 12.9. The van der Waals surface area contributed by atoms with Crippen LogP contribution in [0.1, 0.15) is 53.3 Å². The number of rotatable bonds is 5. The fourth-order valence-electron chi connectivity index (χ4n) is 3.80. The van der Waals surface area contributed by atoms with Crippen molar-refractivity contribution < 1.29 is 4.79 Å². The van der Waals surface area contributed by atoms with Gasteiger partial charge in [-0.15, -0.1) is 0 Å². The van der Waals surface area contributed by atoms with Crippen molar-refractivity contribution in [2.45, 2.75) is 38.6 Å². The van der Waals surface area contributed by atoms with E-state index in [0.717, 1.165) is 44.0 Å². The van der Waals surface area contributed by atoms with Crippen molar-refractivity contribution in [3.63, 3.8) is 0 Å². The van der Waals surface area contributed by atoms with Crippen LogP contribution in [0.25, 0.3) is 0 Å². The van der Waals surface area contributed by atoms with Crippen molar-refractivity contribution in [3.8, 4) is 0 Å². The van der Waals surface area contributed by atoms with E-state index in [0.29, 0.717) is 12.1 Å². The number of carbonyl (C=O) groups is 1. The summed E-state index contributed by atoms with van der Waals surface area (Å²) in [6.45, 7) is 4.25. The maximum atomic E-state index is 12.9. The van der Waals surface area contributed by atoms with Crippen LogP contribution in [0.2, 0.25) is 0 Å². The normalized spacial score (nSPS) is 16.9. The second-order valence-electron chi connectivity index (χ2n) is 7.23. The Hall–Kier alpha value is -3.02. The zero-order chi connectivity index (χ0) is 19.3. The highest BCUT2D eigenvalue weighted by Crippen LogP contribution is 2.27. The van der Waals surface area contributed by atoms with Gasteiger partial charge in [-0.3, -0.25) is 4.79 Å². The maximum Gasteiger partial charge on any atom is 0.257 e. The highest BCUT2D eigenvalue weighted by Gasteiger charge is 2.28. The van der Waals surface area contributed by atoms with Gasteiger partial charge in [0.15, 0.2) is 0 Å². The lowest BCUT2D eigenvalue weighted by Gasteiger charge is -2.32. The smallest absolute Gasteiger partial charge is 0.257 e. The first-order valence-electron chi connectivity index (χ1n) is 9.89. The van der Waals surface area contributed by atoms with E-state index in [-0.39, 0.29) is 11.8 Å². The monoisotopic (exact) mass is 375 g/mol. The number of benzene rings is 1. The third-order valence-corrected chi connectivity index (χ3v) is 5.29. The molecule has 0 radical (unpaired) electrons. The fraction of sp³-hybridized carbons (Fsp3) is 0.364. The van der Waals surface area contributed by atoms with Gasteiger partial charge in [0.05, 0.1) is 5.56 Å². The number of hydrogen-bond acceptors (Lipinski definition) is 4. The van der Waals surface area contributed by atoms with E-state index in [1.54, 1.807) is 12.4 Å². The van der Waals surface area contributed by atoms with Crippen LogP contribution in [0.15, 0.2) is 55.1 Å². The molecule has 0 bridgehead atoms. The molecule has 0 unspecified atom stereocenters. The Bertz CT molecular complexity index is 920. The largest absolute Gasteiger partial charge is 0.338 e. The number of piperidine rings is 1. The SMILES string of the molecule is CCc1ncc(C(=O)N2CCC[C@@H](c3nccn3Cc3ccccc3)C2)cn1. The molecule has 6 heteroatoms. The highest BCUT2D eigenvalue weighted by molar-refractivity contribution is 5.93. The van der Waals surface area contributed by atoms with Crippen LogP contribution in [0.5, 0.6) is 0 Å². The third kappa shape index (κ3) is 3.96. The Morgan fingerprint density at radius 1 is 1.14 bits per heavy atom. The lowest BCUT2D eigenvalue weighted by molar-refractivity contribution is 0.0702. The molecular weight excluding hydrogens is 350 g/mol. The lowest BCUT2D eigenvalue weighted by atomic mass is 9.96. The average molecular weight is 375 g/mol. The van der Waals surface area contributed by atoms with Gasteiger partial charge in [0.1, 0.15) is 11.6 Å². The van der Waals surface area contributed by atoms with Gasteiger partial charge < -0.3 is 9.47 Å². The zero-order valence-corrected chi connectivity index (χ0v) is 16.2. The number of aromatic nitrogens is 4. The zero-order valence-electron chi connectivity index (χ0n) is 16.2. The van der Waals surface area contributed by atoms with E-state index in [1.807, 2.05) is 30.3 Å². The van der Waals surface area contributed by atoms with Gasteiger partial charge in [0.2, 0.25) is 0 Å². The molecule has 0 saturated carbocycles. The van der Waals surface area contributed by atoms with E-state index in [9.17, 15) is 4.79 Å². The molecule has 0 spiro atoms. The number of hydrogen-bond donors (Lipinski definition) is 0. The Kier molecular flexibility index (Phi) is 5.46. The summed E-state index contributed by atoms with van der Waals surface area (Å²) in [5.74, 6) is 2.07.